The Balaban J connectivity index is 0.000000182. The molecule has 8 aromatic rings. The first-order valence-corrected chi connectivity index (χ1v) is 17.4. The van der Waals surface area contributed by atoms with Crippen molar-refractivity contribution in [2.45, 2.75) is 39.0 Å². The topological polar surface area (TPSA) is 25.8 Å². The monoisotopic (exact) mass is 835 g/mol. The second-order valence-corrected chi connectivity index (χ2v) is 13.8. The number of benzene rings is 6. The van der Waals surface area contributed by atoms with Crippen LogP contribution in [0.1, 0.15) is 50.3 Å². The normalized spacial score (nSPS) is 12.5. The van der Waals surface area contributed by atoms with Gasteiger partial charge in [-0.1, -0.05) is 153 Å². The van der Waals surface area contributed by atoms with Gasteiger partial charge in [-0.2, -0.15) is 0 Å². The maximum absolute atomic E-state index is 5.26. The largest absolute Gasteiger partial charge is 0.305 e. The van der Waals surface area contributed by atoms with Gasteiger partial charge in [0.15, 0.2) is 0 Å². The molecule has 0 atom stereocenters. The fourth-order valence-electron chi connectivity index (χ4n) is 7.48. The maximum Gasteiger partial charge on any atom is 0.0621 e. The molecule has 251 valence electrons. The number of nitrogens with zero attached hydrogens (tertiary/aromatic N) is 2. The Hall–Kier alpha value is -5.21. The predicted octanol–water partition coefficient (Wildman–Crippen LogP) is 12.5. The fourth-order valence-corrected chi connectivity index (χ4v) is 7.48. The van der Waals surface area contributed by atoms with Crippen LogP contribution in [-0.2, 0) is 25.5 Å². The van der Waals surface area contributed by atoms with Crippen LogP contribution >= 0.6 is 0 Å². The van der Waals surface area contributed by atoms with Gasteiger partial charge in [0.2, 0.25) is 0 Å². The summed E-state index contributed by atoms with van der Waals surface area (Å²) >= 11 is 0. The Bertz CT molecular complexity index is 2410. The van der Waals surface area contributed by atoms with Crippen LogP contribution in [0.4, 0.5) is 0 Å². The van der Waals surface area contributed by atoms with E-state index in [1.807, 2.05) is 42.5 Å². The Kier molecular flexibility index (Phi) is 9.53. The molecular weight excluding hydrogens is 797 g/mol. The molecule has 3 heteroatoms. The zero-order chi connectivity index (χ0) is 34.2. The van der Waals surface area contributed by atoms with Crippen LogP contribution in [-0.4, -0.2) is 9.97 Å². The summed E-state index contributed by atoms with van der Waals surface area (Å²) in [5.41, 5.74) is 14.1. The molecule has 1 aliphatic carbocycles. The zero-order valence-electron chi connectivity index (χ0n) is 29.2. The first-order chi connectivity index (χ1) is 24.4. The van der Waals surface area contributed by atoms with Crippen molar-refractivity contribution in [3.05, 3.63) is 181 Å². The Morgan fingerprint density at radius 1 is 0.647 bits per heavy atom. The molecule has 0 unspecified atom stereocenters. The third-order valence-corrected chi connectivity index (χ3v) is 9.93. The minimum absolute atomic E-state index is 0. The Morgan fingerprint density at radius 2 is 1.35 bits per heavy atom. The number of rotatable bonds is 4. The number of hydrogen-bond acceptors (Lipinski definition) is 2. The number of aromatic nitrogens is 2. The summed E-state index contributed by atoms with van der Waals surface area (Å²) in [5.74, 6) is 0.422. The summed E-state index contributed by atoms with van der Waals surface area (Å²) < 4.78 is 0. The SMILES string of the molecule is CC(C)c1cc(-c2nc3ccccc3c3c2-c2ccccc2C3(C)C)[c-]c2ccccc12.[Ir].[c-]1cc(-c2ccccc2)ccc1-c1ccccn1. The molecule has 0 bridgehead atoms. The first-order valence-electron chi connectivity index (χ1n) is 17.4. The molecule has 0 amide bonds. The van der Waals surface area contributed by atoms with E-state index >= 15 is 0 Å². The van der Waals surface area contributed by atoms with Gasteiger partial charge in [0.25, 0.3) is 0 Å². The summed E-state index contributed by atoms with van der Waals surface area (Å²) in [7, 11) is 0. The van der Waals surface area contributed by atoms with Crippen LogP contribution < -0.4 is 0 Å². The first kappa shape index (κ1) is 34.2. The van der Waals surface area contributed by atoms with Gasteiger partial charge in [-0.25, -0.2) is 0 Å². The zero-order valence-corrected chi connectivity index (χ0v) is 31.6. The van der Waals surface area contributed by atoms with Crippen LogP contribution in [0.15, 0.2) is 152 Å². The van der Waals surface area contributed by atoms with E-state index < -0.39 is 0 Å². The Labute approximate surface area is 314 Å². The number of fused-ring (bicyclic) bond motifs is 6. The van der Waals surface area contributed by atoms with E-state index in [1.165, 1.54) is 49.7 Å². The molecule has 6 aromatic carbocycles. The average molecular weight is 835 g/mol. The van der Waals surface area contributed by atoms with E-state index in [0.29, 0.717) is 5.92 Å². The van der Waals surface area contributed by atoms with E-state index in [1.54, 1.807) is 6.20 Å². The van der Waals surface area contributed by atoms with Crippen LogP contribution in [0.2, 0.25) is 0 Å². The van der Waals surface area contributed by atoms with Crippen molar-refractivity contribution in [1.29, 1.82) is 0 Å². The molecule has 0 saturated carbocycles. The summed E-state index contributed by atoms with van der Waals surface area (Å²) in [6.45, 7) is 9.22. The molecule has 0 saturated heterocycles. The van der Waals surface area contributed by atoms with Gasteiger partial charge in [0.1, 0.15) is 0 Å². The van der Waals surface area contributed by atoms with E-state index in [0.717, 1.165) is 33.4 Å². The maximum atomic E-state index is 5.26. The molecule has 9 rings (SSSR count). The third kappa shape index (κ3) is 6.33. The van der Waals surface area contributed by atoms with Crippen molar-refractivity contribution in [1.82, 2.24) is 9.97 Å². The second kappa shape index (κ2) is 14.2. The molecule has 0 fully saturated rings. The van der Waals surface area contributed by atoms with E-state index in [4.69, 9.17) is 4.98 Å². The van der Waals surface area contributed by atoms with Crippen molar-refractivity contribution in [2.75, 3.05) is 0 Å². The molecule has 51 heavy (non-hydrogen) atoms. The van der Waals surface area contributed by atoms with Gasteiger partial charge in [0, 0.05) is 42.8 Å². The summed E-state index contributed by atoms with van der Waals surface area (Å²) in [4.78, 5) is 9.58. The van der Waals surface area contributed by atoms with Gasteiger partial charge >= 0.3 is 0 Å². The molecule has 1 aliphatic rings. The van der Waals surface area contributed by atoms with Crippen LogP contribution in [0.25, 0.3) is 66.4 Å². The molecular formula is C48H38IrN2-2. The summed E-state index contributed by atoms with van der Waals surface area (Å²) in [5, 5.41) is 3.68. The second-order valence-electron chi connectivity index (χ2n) is 13.8. The number of para-hydroxylation sites is 1. The fraction of sp³-hybridized carbons (Fsp3) is 0.125. The molecule has 0 spiro atoms. The summed E-state index contributed by atoms with van der Waals surface area (Å²) in [6, 6.07) is 57.7. The minimum Gasteiger partial charge on any atom is -0.305 e. The van der Waals surface area contributed by atoms with Crippen molar-refractivity contribution < 1.29 is 20.1 Å². The molecule has 2 heterocycles. The quantitative estimate of drug-likeness (QED) is 0.165. The van der Waals surface area contributed by atoms with Crippen molar-refractivity contribution >= 4 is 21.7 Å². The molecule has 1 radical (unpaired) electrons. The molecule has 0 aliphatic heterocycles. The van der Waals surface area contributed by atoms with E-state index in [9.17, 15) is 0 Å². The van der Waals surface area contributed by atoms with Gasteiger partial charge in [0.05, 0.1) is 5.52 Å². The number of pyridine rings is 2. The molecule has 0 N–H and O–H groups in total. The van der Waals surface area contributed by atoms with Gasteiger partial charge < -0.3 is 4.98 Å². The minimum atomic E-state index is -0.0824. The van der Waals surface area contributed by atoms with Crippen molar-refractivity contribution in [3.8, 4) is 44.8 Å². The third-order valence-electron chi connectivity index (χ3n) is 9.93. The van der Waals surface area contributed by atoms with Crippen LogP contribution in [0.5, 0.6) is 0 Å². The smallest absolute Gasteiger partial charge is 0.0621 e. The van der Waals surface area contributed by atoms with Crippen LogP contribution in [0, 0.1) is 12.1 Å². The van der Waals surface area contributed by atoms with Gasteiger partial charge in [-0.3, -0.25) is 4.98 Å². The summed E-state index contributed by atoms with van der Waals surface area (Å²) in [6.07, 6.45) is 1.80. The van der Waals surface area contributed by atoms with Crippen molar-refractivity contribution in [3.63, 3.8) is 0 Å². The Morgan fingerprint density at radius 3 is 2.10 bits per heavy atom. The molecule has 2 nitrogen and oxygen atoms in total. The average Bonchev–Trinajstić information content (AvgIpc) is 3.42. The predicted molar refractivity (Wildman–Crippen MR) is 209 cm³/mol. The standard InChI is InChI=1S/C31H26N.C17H12N.Ir/c1-19(2)25-18-21(17-20-11-5-6-12-22(20)25)30-28-23-13-7-9-15-26(23)31(3,4)29(28)24-14-8-10-16-27(24)32-30;1-2-6-14(7-3-1)15-9-11-16(12-10-15)17-8-4-5-13-18-17;/h5-16,18-19H,1-4H3;1-11,13H;/q2*-1;. The van der Waals surface area contributed by atoms with Gasteiger partial charge in [-0.15, -0.1) is 59.0 Å². The number of hydrogen-bond donors (Lipinski definition) is 0. The van der Waals surface area contributed by atoms with Gasteiger partial charge in [-0.05, 0) is 46.0 Å². The molecule has 2 aromatic heterocycles. The van der Waals surface area contributed by atoms with E-state index in [2.05, 4.69) is 148 Å². The van der Waals surface area contributed by atoms with E-state index in [-0.39, 0.29) is 25.5 Å². The van der Waals surface area contributed by atoms with Crippen LogP contribution in [0.3, 0.4) is 0 Å². The van der Waals surface area contributed by atoms with Crippen molar-refractivity contribution in [2.24, 2.45) is 0 Å².